The molecule has 0 radical (unpaired) electrons. The molecule has 0 bridgehead atoms. The van der Waals surface area contributed by atoms with Crippen molar-refractivity contribution in [3.63, 3.8) is 0 Å². The van der Waals surface area contributed by atoms with Gasteiger partial charge in [-0.2, -0.15) is 0 Å². The second-order valence-electron chi connectivity index (χ2n) is 7.26. The van der Waals surface area contributed by atoms with Gasteiger partial charge in [-0.15, -0.1) is 0 Å². The van der Waals surface area contributed by atoms with Crippen molar-refractivity contribution in [3.05, 3.63) is 18.5 Å². The van der Waals surface area contributed by atoms with Gasteiger partial charge in [0.15, 0.2) is 5.16 Å². The predicted molar refractivity (Wildman–Crippen MR) is 95.3 cm³/mol. The Hall–Kier alpha value is -1.40. The summed E-state index contributed by atoms with van der Waals surface area (Å²) >= 11 is 1.57. The van der Waals surface area contributed by atoms with Crippen LogP contribution in [0.2, 0.25) is 0 Å². The minimum Gasteiger partial charge on any atom is -0.377 e. The van der Waals surface area contributed by atoms with Crippen LogP contribution in [0.4, 0.5) is 5.82 Å². The molecule has 1 spiro atoms. The molecule has 0 aromatic carbocycles. The number of rotatable bonds is 3. The van der Waals surface area contributed by atoms with Crippen LogP contribution in [0.25, 0.3) is 10.9 Å². The molecule has 3 unspecified atom stereocenters. The number of aromatic nitrogens is 3. The number of nitrogens with zero attached hydrogens (tertiary/aromatic N) is 3. The van der Waals surface area contributed by atoms with E-state index in [4.69, 9.17) is 4.74 Å². The summed E-state index contributed by atoms with van der Waals surface area (Å²) in [5.41, 5.74) is 1.29. The van der Waals surface area contributed by atoms with Crippen LogP contribution in [0.15, 0.2) is 23.6 Å². The minimum atomic E-state index is 0.324. The summed E-state index contributed by atoms with van der Waals surface area (Å²) in [4.78, 5) is 13.7. The maximum Gasteiger partial charge on any atom is 0.187 e. The monoisotopic (exact) mass is 342 g/mol. The first kappa shape index (κ1) is 14.9. The van der Waals surface area contributed by atoms with Gasteiger partial charge in [0, 0.05) is 36.4 Å². The van der Waals surface area contributed by atoms with E-state index >= 15 is 0 Å². The number of ether oxygens (including phenoxy) is 1. The number of nitrogens with one attached hydrogen (secondary N) is 1. The van der Waals surface area contributed by atoms with E-state index in [9.17, 15) is 0 Å². The molecular weight excluding hydrogens is 320 g/mol. The minimum absolute atomic E-state index is 0.324. The molecule has 24 heavy (non-hydrogen) atoms. The zero-order valence-corrected chi connectivity index (χ0v) is 14.7. The summed E-state index contributed by atoms with van der Waals surface area (Å²) in [5.74, 6) is 1.56. The summed E-state index contributed by atoms with van der Waals surface area (Å²) in [6, 6.07) is 2.45. The number of anilines is 1. The van der Waals surface area contributed by atoms with Crippen molar-refractivity contribution in [2.75, 3.05) is 18.2 Å². The fraction of sp³-hybridized carbons (Fsp3) is 0.611. The second-order valence-corrected chi connectivity index (χ2v) is 8.03. The lowest BCUT2D eigenvalue weighted by Gasteiger charge is -2.57. The zero-order chi connectivity index (χ0) is 16.1. The SMILES string of the molecule is CSc1ncc2c(NC3C4CCOC4C34CCCC4)nccc2n1. The average Bonchev–Trinajstić information content (AvgIpc) is 3.27. The van der Waals surface area contributed by atoms with Crippen LogP contribution in [0, 0.1) is 11.3 Å². The molecule has 1 aliphatic heterocycles. The first-order valence-corrected chi connectivity index (χ1v) is 10.1. The Balaban J connectivity index is 1.50. The highest BCUT2D eigenvalue weighted by atomic mass is 32.2. The lowest BCUT2D eigenvalue weighted by Crippen LogP contribution is -2.64. The van der Waals surface area contributed by atoms with Gasteiger partial charge in [0.05, 0.1) is 17.0 Å². The van der Waals surface area contributed by atoms with Crippen LogP contribution in [-0.4, -0.2) is 40.0 Å². The van der Waals surface area contributed by atoms with Crippen molar-refractivity contribution < 1.29 is 4.74 Å². The van der Waals surface area contributed by atoms with Crippen molar-refractivity contribution in [1.29, 1.82) is 0 Å². The highest BCUT2D eigenvalue weighted by Gasteiger charge is 2.64. The molecule has 1 N–H and O–H groups in total. The Morgan fingerprint density at radius 3 is 3.00 bits per heavy atom. The first-order chi connectivity index (χ1) is 11.8. The van der Waals surface area contributed by atoms with E-state index in [1.54, 1.807) is 11.8 Å². The zero-order valence-electron chi connectivity index (χ0n) is 13.9. The van der Waals surface area contributed by atoms with E-state index < -0.39 is 0 Å². The third kappa shape index (κ3) is 2.02. The van der Waals surface area contributed by atoms with Gasteiger partial charge in [-0.05, 0) is 31.6 Å². The van der Waals surface area contributed by atoms with Crippen LogP contribution >= 0.6 is 11.8 Å². The van der Waals surface area contributed by atoms with Gasteiger partial charge in [-0.25, -0.2) is 15.0 Å². The summed E-state index contributed by atoms with van der Waals surface area (Å²) in [5, 5.41) is 5.61. The van der Waals surface area contributed by atoms with Crippen LogP contribution in [0.5, 0.6) is 0 Å². The molecule has 3 fully saturated rings. The number of thioether (sulfide) groups is 1. The molecule has 5 nitrogen and oxygen atoms in total. The standard InChI is InChI=1S/C18H22N4OS/c1-24-17-20-10-12-13(21-17)4-8-19-16(12)22-14-11-5-9-23-15(11)18(14)6-2-3-7-18/h4,8,10-11,14-15H,2-3,5-7,9H2,1H3,(H,19,22). The molecule has 3 atom stereocenters. The van der Waals surface area contributed by atoms with E-state index in [2.05, 4.69) is 20.3 Å². The number of hydrogen-bond donors (Lipinski definition) is 1. The van der Waals surface area contributed by atoms with E-state index in [1.165, 1.54) is 32.1 Å². The van der Waals surface area contributed by atoms with Crippen molar-refractivity contribution in [2.45, 2.75) is 49.4 Å². The topological polar surface area (TPSA) is 59.9 Å². The quantitative estimate of drug-likeness (QED) is 0.680. The fourth-order valence-electron chi connectivity index (χ4n) is 5.20. The van der Waals surface area contributed by atoms with E-state index in [0.717, 1.165) is 28.5 Å². The fourth-order valence-corrected chi connectivity index (χ4v) is 5.55. The van der Waals surface area contributed by atoms with Crippen LogP contribution in [-0.2, 0) is 4.74 Å². The molecule has 6 heteroatoms. The van der Waals surface area contributed by atoms with Crippen molar-refractivity contribution in [3.8, 4) is 0 Å². The van der Waals surface area contributed by atoms with E-state index in [0.29, 0.717) is 23.5 Å². The largest absolute Gasteiger partial charge is 0.377 e. The molecule has 0 amide bonds. The Labute approximate surface area is 146 Å². The summed E-state index contributed by atoms with van der Waals surface area (Å²) < 4.78 is 6.09. The third-order valence-electron chi connectivity index (χ3n) is 6.25. The Kier molecular flexibility index (Phi) is 3.45. The molecule has 5 rings (SSSR count). The van der Waals surface area contributed by atoms with Gasteiger partial charge < -0.3 is 10.1 Å². The van der Waals surface area contributed by atoms with Crippen LogP contribution in [0.1, 0.15) is 32.1 Å². The van der Waals surface area contributed by atoms with Gasteiger partial charge in [-0.1, -0.05) is 24.6 Å². The smallest absolute Gasteiger partial charge is 0.187 e. The molecule has 3 aliphatic rings. The maximum absolute atomic E-state index is 6.09. The maximum atomic E-state index is 6.09. The second kappa shape index (κ2) is 5.56. The predicted octanol–water partition coefficient (Wildman–Crippen LogP) is 3.51. The number of pyridine rings is 1. The van der Waals surface area contributed by atoms with Gasteiger partial charge in [0.25, 0.3) is 0 Å². The summed E-state index contributed by atoms with van der Waals surface area (Å²) in [6.45, 7) is 0.915. The van der Waals surface area contributed by atoms with Crippen molar-refractivity contribution in [2.24, 2.45) is 11.3 Å². The Morgan fingerprint density at radius 2 is 2.17 bits per heavy atom. The summed E-state index contributed by atoms with van der Waals surface area (Å²) in [7, 11) is 0. The third-order valence-corrected chi connectivity index (χ3v) is 6.81. The molecule has 126 valence electrons. The lowest BCUT2D eigenvalue weighted by atomic mass is 9.54. The lowest BCUT2D eigenvalue weighted by molar-refractivity contribution is -0.111. The Bertz CT molecular complexity index is 777. The molecule has 3 heterocycles. The molecule has 2 saturated carbocycles. The van der Waals surface area contributed by atoms with Gasteiger partial charge in [-0.3, -0.25) is 0 Å². The van der Waals surface area contributed by atoms with Gasteiger partial charge >= 0.3 is 0 Å². The summed E-state index contributed by atoms with van der Waals surface area (Å²) in [6.07, 6.45) is 12.6. The first-order valence-electron chi connectivity index (χ1n) is 8.86. The highest BCUT2D eigenvalue weighted by Crippen LogP contribution is 2.61. The van der Waals surface area contributed by atoms with E-state index in [1.807, 2.05) is 24.7 Å². The molecular formula is C18H22N4OS. The van der Waals surface area contributed by atoms with Gasteiger partial charge in [0.1, 0.15) is 5.82 Å². The average molecular weight is 342 g/mol. The number of hydrogen-bond acceptors (Lipinski definition) is 6. The normalized spacial score (nSPS) is 30.5. The number of fused-ring (bicyclic) bond motifs is 3. The molecule has 2 aromatic rings. The van der Waals surface area contributed by atoms with Crippen molar-refractivity contribution in [1.82, 2.24) is 15.0 Å². The van der Waals surface area contributed by atoms with Crippen molar-refractivity contribution >= 4 is 28.5 Å². The van der Waals surface area contributed by atoms with Crippen LogP contribution < -0.4 is 5.32 Å². The molecule has 1 saturated heterocycles. The van der Waals surface area contributed by atoms with Gasteiger partial charge in [0.2, 0.25) is 0 Å². The highest BCUT2D eigenvalue weighted by molar-refractivity contribution is 7.98. The molecule has 2 aliphatic carbocycles. The van der Waals surface area contributed by atoms with Crippen LogP contribution in [0.3, 0.4) is 0 Å². The Morgan fingerprint density at radius 1 is 1.29 bits per heavy atom. The van der Waals surface area contributed by atoms with E-state index in [-0.39, 0.29) is 0 Å². The molecule has 2 aromatic heterocycles.